The number of ether oxygens (including phenoxy) is 1. The highest BCUT2D eigenvalue weighted by Crippen LogP contribution is 2.17. The van der Waals surface area contributed by atoms with Crippen LogP contribution in [0.4, 0.5) is 0 Å². The largest absolute Gasteiger partial charge is 0.372 e. The molecule has 1 aliphatic heterocycles. The van der Waals surface area contributed by atoms with Gasteiger partial charge in [-0.05, 0) is 19.4 Å². The Morgan fingerprint density at radius 2 is 2.31 bits per heavy atom. The molecule has 3 heterocycles. The van der Waals surface area contributed by atoms with Crippen LogP contribution in [0, 0.1) is 0 Å². The number of imidazole rings is 1. The van der Waals surface area contributed by atoms with Crippen LogP contribution in [-0.4, -0.2) is 63.1 Å². The quantitative estimate of drug-likeness (QED) is 0.832. The minimum Gasteiger partial charge on any atom is -0.372 e. The number of morpholine rings is 1. The Bertz CT molecular complexity index is 768. The SMILES string of the molecule is CCc1c(C(=O)N2CCOC(C(C)NC(=O)c3cnc[nH]3)C2)ccn1C. The van der Waals surface area contributed by atoms with Crippen LogP contribution >= 0.6 is 0 Å². The minimum absolute atomic E-state index is 0.0165. The maximum Gasteiger partial charge on any atom is 0.269 e. The highest BCUT2D eigenvalue weighted by molar-refractivity contribution is 5.95. The Hall–Kier alpha value is -2.61. The van der Waals surface area contributed by atoms with Crippen LogP contribution in [0.5, 0.6) is 0 Å². The Kier molecular flexibility index (Phi) is 5.41. The van der Waals surface area contributed by atoms with E-state index in [1.54, 1.807) is 0 Å². The van der Waals surface area contributed by atoms with E-state index in [2.05, 4.69) is 15.3 Å². The lowest BCUT2D eigenvalue weighted by Gasteiger charge is -2.36. The van der Waals surface area contributed by atoms with Crippen LogP contribution in [-0.2, 0) is 18.2 Å². The topological polar surface area (TPSA) is 92.2 Å². The van der Waals surface area contributed by atoms with E-state index in [4.69, 9.17) is 4.74 Å². The van der Waals surface area contributed by atoms with Crippen LogP contribution in [0.25, 0.3) is 0 Å². The van der Waals surface area contributed by atoms with Gasteiger partial charge in [0.15, 0.2) is 0 Å². The summed E-state index contributed by atoms with van der Waals surface area (Å²) in [6.45, 7) is 5.37. The third-order valence-electron chi connectivity index (χ3n) is 4.81. The van der Waals surface area contributed by atoms with Gasteiger partial charge in [0.25, 0.3) is 11.8 Å². The minimum atomic E-state index is -0.256. The summed E-state index contributed by atoms with van der Waals surface area (Å²) >= 11 is 0. The number of H-pyrrole nitrogens is 1. The summed E-state index contributed by atoms with van der Waals surface area (Å²) in [5, 5.41) is 2.90. The average molecular weight is 359 g/mol. The Morgan fingerprint density at radius 3 is 3.00 bits per heavy atom. The normalized spacial score (nSPS) is 18.6. The molecule has 2 aromatic rings. The summed E-state index contributed by atoms with van der Waals surface area (Å²) in [6.07, 6.45) is 5.39. The Labute approximate surface area is 152 Å². The van der Waals surface area contributed by atoms with Crippen molar-refractivity contribution in [3.63, 3.8) is 0 Å². The first-order chi connectivity index (χ1) is 12.5. The molecule has 0 aromatic carbocycles. The van der Waals surface area contributed by atoms with Gasteiger partial charge < -0.3 is 24.5 Å². The average Bonchev–Trinajstić information content (AvgIpc) is 3.30. The first-order valence-corrected chi connectivity index (χ1v) is 8.85. The van der Waals surface area contributed by atoms with Gasteiger partial charge in [0.05, 0.1) is 36.8 Å². The van der Waals surface area contributed by atoms with Gasteiger partial charge in [0.2, 0.25) is 0 Å². The van der Waals surface area contributed by atoms with E-state index in [1.165, 1.54) is 12.5 Å². The van der Waals surface area contributed by atoms with E-state index in [1.807, 2.05) is 42.6 Å². The molecule has 1 saturated heterocycles. The van der Waals surface area contributed by atoms with Crippen molar-refractivity contribution in [2.75, 3.05) is 19.7 Å². The molecule has 0 bridgehead atoms. The molecule has 0 saturated carbocycles. The van der Waals surface area contributed by atoms with Gasteiger partial charge in [-0.15, -0.1) is 0 Å². The first kappa shape index (κ1) is 18.2. The molecule has 0 spiro atoms. The molecule has 2 aromatic heterocycles. The number of hydrogen-bond donors (Lipinski definition) is 2. The molecule has 2 atom stereocenters. The van der Waals surface area contributed by atoms with E-state index in [0.717, 1.165) is 17.7 Å². The molecule has 2 amide bonds. The van der Waals surface area contributed by atoms with Crippen molar-refractivity contribution in [2.45, 2.75) is 32.4 Å². The molecule has 2 unspecified atom stereocenters. The first-order valence-electron chi connectivity index (χ1n) is 8.85. The van der Waals surface area contributed by atoms with Crippen LogP contribution < -0.4 is 5.32 Å². The zero-order chi connectivity index (χ0) is 18.7. The van der Waals surface area contributed by atoms with Crippen molar-refractivity contribution >= 4 is 11.8 Å². The van der Waals surface area contributed by atoms with E-state index >= 15 is 0 Å². The number of nitrogens with one attached hydrogen (secondary N) is 2. The molecular weight excluding hydrogens is 334 g/mol. The second kappa shape index (κ2) is 7.74. The van der Waals surface area contributed by atoms with Crippen molar-refractivity contribution < 1.29 is 14.3 Å². The molecule has 8 heteroatoms. The van der Waals surface area contributed by atoms with Gasteiger partial charge in [-0.2, -0.15) is 0 Å². The number of carbonyl (C=O) groups excluding carboxylic acids is 2. The molecule has 0 aliphatic carbocycles. The smallest absolute Gasteiger partial charge is 0.269 e. The summed E-state index contributed by atoms with van der Waals surface area (Å²) in [7, 11) is 1.95. The third-order valence-corrected chi connectivity index (χ3v) is 4.81. The zero-order valence-corrected chi connectivity index (χ0v) is 15.4. The van der Waals surface area contributed by atoms with Crippen LogP contribution in [0.1, 0.15) is 40.4 Å². The van der Waals surface area contributed by atoms with Gasteiger partial charge in [-0.1, -0.05) is 6.92 Å². The Balaban J connectivity index is 1.65. The highest BCUT2D eigenvalue weighted by Gasteiger charge is 2.30. The van der Waals surface area contributed by atoms with Gasteiger partial charge in [0, 0.05) is 32.0 Å². The number of nitrogens with zero attached hydrogens (tertiary/aromatic N) is 3. The number of aromatic amines is 1. The lowest BCUT2D eigenvalue weighted by Crippen LogP contribution is -2.53. The molecule has 2 N–H and O–H groups in total. The lowest BCUT2D eigenvalue weighted by atomic mass is 10.1. The van der Waals surface area contributed by atoms with E-state index in [0.29, 0.717) is 25.4 Å². The number of carbonyl (C=O) groups is 2. The lowest BCUT2D eigenvalue weighted by molar-refractivity contribution is -0.0345. The predicted molar refractivity (Wildman–Crippen MR) is 96.0 cm³/mol. The van der Waals surface area contributed by atoms with Crippen molar-refractivity contribution in [1.29, 1.82) is 0 Å². The fourth-order valence-corrected chi connectivity index (χ4v) is 3.29. The van der Waals surface area contributed by atoms with Gasteiger partial charge >= 0.3 is 0 Å². The third kappa shape index (κ3) is 3.65. The fourth-order valence-electron chi connectivity index (χ4n) is 3.29. The van der Waals surface area contributed by atoms with Crippen molar-refractivity contribution in [1.82, 2.24) is 24.8 Å². The van der Waals surface area contributed by atoms with Crippen LogP contribution in [0.3, 0.4) is 0 Å². The summed E-state index contributed by atoms with van der Waals surface area (Å²) in [5.74, 6) is -0.221. The summed E-state index contributed by atoms with van der Waals surface area (Å²) in [6, 6.07) is 1.64. The molecule has 3 rings (SSSR count). The maximum absolute atomic E-state index is 12.9. The van der Waals surface area contributed by atoms with Gasteiger partial charge in [-0.25, -0.2) is 4.98 Å². The standard InChI is InChI=1S/C18H25N5O3/c1-4-15-13(5-6-22(15)3)18(25)23-7-8-26-16(10-23)12(2)21-17(24)14-9-19-11-20-14/h5-6,9,11-12,16H,4,7-8,10H2,1-3H3,(H,19,20)(H,21,24). The second-order valence-electron chi connectivity index (χ2n) is 6.53. The summed E-state index contributed by atoms with van der Waals surface area (Å²) in [4.78, 5) is 33.5. The van der Waals surface area contributed by atoms with E-state index in [9.17, 15) is 9.59 Å². The number of aromatic nitrogens is 3. The maximum atomic E-state index is 12.9. The van der Waals surface area contributed by atoms with Crippen molar-refractivity contribution in [3.8, 4) is 0 Å². The highest BCUT2D eigenvalue weighted by atomic mass is 16.5. The van der Waals surface area contributed by atoms with Crippen molar-refractivity contribution in [2.24, 2.45) is 7.05 Å². The number of rotatable bonds is 5. The van der Waals surface area contributed by atoms with Crippen LogP contribution in [0.2, 0.25) is 0 Å². The molecule has 1 fully saturated rings. The molecule has 1 aliphatic rings. The van der Waals surface area contributed by atoms with Gasteiger partial charge in [-0.3, -0.25) is 9.59 Å². The predicted octanol–water partition coefficient (Wildman–Crippen LogP) is 0.970. The van der Waals surface area contributed by atoms with Crippen LogP contribution in [0.15, 0.2) is 24.8 Å². The molecular formula is C18H25N5O3. The summed E-state index contributed by atoms with van der Waals surface area (Å²) in [5.41, 5.74) is 2.17. The monoisotopic (exact) mass is 359 g/mol. The van der Waals surface area contributed by atoms with Crippen molar-refractivity contribution in [3.05, 3.63) is 41.7 Å². The molecule has 0 radical (unpaired) electrons. The second-order valence-corrected chi connectivity index (χ2v) is 6.53. The zero-order valence-electron chi connectivity index (χ0n) is 15.4. The van der Waals surface area contributed by atoms with E-state index < -0.39 is 0 Å². The Morgan fingerprint density at radius 1 is 1.50 bits per heavy atom. The molecule has 26 heavy (non-hydrogen) atoms. The molecule has 140 valence electrons. The molecule has 8 nitrogen and oxygen atoms in total. The number of aryl methyl sites for hydroxylation is 1. The van der Waals surface area contributed by atoms with E-state index in [-0.39, 0.29) is 24.0 Å². The number of amides is 2. The number of hydrogen-bond acceptors (Lipinski definition) is 4. The van der Waals surface area contributed by atoms with Gasteiger partial charge in [0.1, 0.15) is 5.69 Å². The summed E-state index contributed by atoms with van der Waals surface area (Å²) < 4.78 is 7.78. The fraction of sp³-hybridized carbons (Fsp3) is 0.500.